The number of esters is 1. The molecule has 0 unspecified atom stereocenters. The number of carbonyl (C=O) groups is 1. The minimum Gasteiger partial charge on any atom is -0.423 e. The second kappa shape index (κ2) is 11.6. The molecule has 0 aliphatic heterocycles. The largest absolute Gasteiger partial charge is 0.423 e. The number of nitrogens with zero attached hydrogens (tertiary/aromatic N) is 1. The van der Waals surface area contributed by atoms with E-state index in [1.807, 2.05) is 12.1 Å². The first kappa shape index (κ1) is 23.0. The number of rotatable bonds is 9. The van der Waals surface area contributed by atoms with Gasteiger partial charge in [-0.2, -0.15) is 5.26 Å². The maximum atomic E-state index is 13.7. The molecule has 0 amide bonds. The van der Waals surface area contributed by atoms with E-state index in [0.29, 0.717) is 17.4 Å². The lowest BCUT2D eigenvalue weighted by Gasteiger charge is -2.28. The van der Waals surface area contributed by atoms with Crippen LogP contribution in [-0.4, -0.2) is 19.2 Å². The molecule has 0 bridgehead atoms. The molecule has 4 nitrogen and oxygen atoms in total. The van der Waals surface area contributed by atoms with Crippen LogP contribution in [0.2, 0.25) is 0 Å². The minimum atomic E-state index is -0.704. The molecule has 1 fully saturated rings. The van der Waals surface area contributed by atoms with E-state index in [1.54, 1.807) is 18.2 Å². The van der Waals surface area contributed by atoms with Gasteiger partial charge in [0.25, 0.3) is 0 Å². The maximum absolute atomic E-state index is 13.7. The maximum Gasteiger partial charge on any atom is 0.343 e. The first-order valence-electron chi connectivity index (χ1n) is 11.2. The molecule has 0 atom stereocenters. The van der Waals surface area contributed by atoms with Gasteiger partial charge in [0.05, 0.1) is 11.1 Å². The van der Waals surface area contributed by atoms with Gasteiger partial charge >= 0.3 is 5.97 Å². The Morgan fingerprint density at radius 2 is 1.84 bits per heavy atom. The van der Waals surface area contributed by atoms with Gasteiger partial charge in [-0.3, -0.25) is 0 Å². The van der Waals surface area contributed by atoms with Gasteiger partial charge in [0, 0.05) is 19.3 Å². The van der Waals surface area contributed by atoms with Gasteiger partial charge in [0.1, 0.15) is 17.6 Å². The van der Waals surface area contributed by atoms with Crippen molar-refractivity contribution in [3.63, 3.8) is 0 Å². The Balaban J connectivity index is 1.47. The Kier molecular flexibility index (Phi) is 8.61. The van der Waals surface area contributed by atoms with Crippen molar-refractivity contribution in [2.75, 3.05) is 13.2 Å². The lowest BCUT2D eigenvalue weighted by molar-refractivity contribution is 0.0734. The van der Waals surface area contributed by atoms with Crippen molar-refractivity contribution in [2.45, 2.75) is 57.8 Å². The first-order valence-corrected chi connectivity index (χ1v) is 11.2. The third-order valence-corrected chi connectivity index (χ3v) is 5.98. The van der Waals surface area contributed by atoms with Gasteiger partial charge in [-0.05, 0) is 73.8 Å². The van der Waals surface area contributed by atoms with Gasteiger partial charge in [-0.1, -0.05) is 31.9 Å². The normalized spacial score (nSPS) is 18.4. The molecule has 1 aliphatic carbocycles. The number of ether oxygens (including phenoxy) is 2. The summed E-state index contributed by atoms with van der Waals surface area (Å²) >= 11 is 0. The van der Waals surface area contributed by atoms with Crippen LogP contribution in [-0.2, 0) is 4.74 Å². The number of carbonyl (C=O) groups excluding carboxylic acids is 1. The molecule has 164 valence electrons. The molecular formula is C26H30FNO3. The van der Waals surface area contributed by atoms with E-state index in [9.17, 15) is 9.18 Å². The summed E-state index contributed by atoms with van der Waals surface area (Å²) in [6.45, 7) is 3.95. The molecule has 1 saturated carbocycles. The summed E-state index contributed by atoms with van der Waals surface area (Å²) < 4.78 is 24.8. The zero-order valence-electron chi connectivity index (χ0n) is 18.1. The summed E-state index contributed by atoms with van der Waals surface area (Å²) in [6, 6.07) is 13.0. The third kappa shape index (κ3) is 6.63. The summed E-state index contributed by atoms with van der Waals surface area (Å²) in [4.78, 5) is 12.4. The Morgan fingerprint density at radius 3 is 2.48 bits per heavy atom. The highest BCUT2D eigenvalue weighted by molar-refractivity contribution is 5.91. The van der Waals surface area contributed by atoms with Crippen molar-refractivity contribution in [1.29, 1.82) is 5.26 Å². The number of hydrogen-bond donors (Lipinski definition) is 0. The van der Waals surface area contributed by atoms with Crippen molar-refractivity contribution in [3.05, 3.63) is 65.0 Å². The number of unbranched alkanes of at least 4 members (excludes halogenated alkanes) is 2. The topological polar surface area (TPSA) is 59.3 Å². The van der Waals surface area contributed by atoms with E-state index in [4.69, 9.17) is 14.7 Å². The Bertz CT molecular complexity index is 896. The summed E-state index contributed by atoms with van der Waals surface area (Å²) in [5, 5.41) is 8.78. The molecule has 31 heavy (non-hydrogen) atoms. The molecule has 0 radical (unpaired) electrons. The first-order chi connectivity index (χ1) is 15.1. The highest BCUT2D eigenvalue weighted by atomic mass is 19.1. The minimum absolute atomic E-state index is 0.0815. The van der Waals surface area contributed by atoms with Crippen LogP contribution in [0.1, 0.15) is 79.3 Å². The predicted octanol–water partition coefficient (Wildman–Crippen LogP) is 6.40. The fraction of sp³-hybridized carbons (Fsp3) is 0.462. The average Bonchev–Trinajstić information content (AvgIpc) is 2.79. The highest BCUT2D eigenvalue weighted by Crippen LogP contribution is 2.36. The van der Waals surface area contributed by atoms with Crippen LogP contribution in [0.25, 0.3) is 0 Å². The van der Waals surface area contributed by atoms with Crippen LogP contribution in [0.4, 0.5) is 4.39 Å². The van der Waals surface area contributed by atoms with E-state index in [2.05, 4.69) is 6.92 Å². The van der Waals surface area contributed by atoms with Crippen molar-refractivity contribution in [1.82, 2.24) is 0 Å². The Morgan fingerprint density at radius 1 is 1.10 bits per heavy atom. The van der Waals surface area contributed by atoms with Crippen molar-refractivity contribution in [2.24, 2.45) is 5.92 Å². The average molecular weight is 424 g/mol. The molecule has 2 aromatic carbocycles. The van der Waals surface area contributed by atoms with Gasteiger partial charge in [-0.15, -0.1) is 0 Å². The molecule has 0 heterocycles. The summed E-state index contributed by atoms with van der Waals surface area (Å²) in [5.41, 5.74) is 1.58. The van der Waals surface area contributed by atoms with Crippen LogP contribution in [0, 0.1) is 23.1 Å². The molecule has 3 rings (SSSR count). The van der Waals surface area contributed by atoms with Gasteiger partial charge in [0.2, 0.25) is 0 Å². The monoisotopic (exact) mass is 423 g/mol. The number of nitriles is 1. The van der Waals surface area contributed by atoms with Crippen LogP contribution in [0.15, 0.2) is 42.5 Å². The van der Waals surface area contributed by atoms with E-state index in [0.717, 1.165) is 38.5 Å². The molecule has 2 aromatic rings. The lowest BCUT2D eigenvalue weighted by Crippen LogP contribution is -2.18. The zero-order valence-corrected chi connectivity index (χ0v) is 18.1. The summed E-state index contributed by atoms with van der Waals surface area (Å²) in [5.74, 6) is -0.000474. The molecule has 0 spiro atoms. The van der Waals surface area contributed by atoms with E-state index < -0.39 is 11.8 Å². The number of halogens is 1. The third-order valence-electron chi connectivity index (χ3n) is 5.98. The smallest absolute Gasteiger partial charge is 0.343 e. The number of benzene rings is 2. The van der Waals surface area contributed by atoms with Crippen molar-refractivity contribution < 1.29 is 18.7 Å². The van der Waals surface area contributed by atoms with Crippen LogP contribution in [0.3, 0.4) is 0 Å². The summed E-state index contributed by atoms with van der Waals surface area (Å²) in [6.07, 6.45) is 8.23. The molecule has 0 N–H and O–H groups in total. The Labute approximate surface area is 184 Å². The van der Waals surface area contributed by atoms with Crippen LogP contribution < -0.4 is 4.74 Å². The Hall–Kier alpha value is -2.71. The van der Waals surface area contributed by atoms with Gasteiger partial charge in [0.15, 0.2) is 0 Å². The van der Waals surface area contributed by atoms with Crippen LogP contribution in [0.5, 0.6) is 5.75 Å². The van der Waals surface area contributed by atoms with Gasteiger partial charge < -0.3 is 9.47 Å². The van der Waals surface area contributed by atoms with Crippen molar-refractivity contribution in [3.8, 4) is 11.8 Å². The predicted molar refractivity (Wildman–Crippen MR) is 118 cm³/mol. The fourth-order valence-corrected chi connectivity index (χ4v) is 4.07. The highest BCUT2D eigenvalue weighted by Gasteiger charge is 2.23. The molecule has 1 aliphatic rings. The quantitative estimate of drug-likeness (QED) is 0.266. The lowest BCUT2D eigenvalue weighted by atomic mass is 9.79. The molecule has 5 heteroatoms. The second-order valence-corrected chi connectivity index (χ2v) is 8.26. The van der Waals surface area contributed by atoms with Gasteiger partial charge in [-0.25, -0.2) is 9.18 Å². The van der Waals surface area contributed by atoms with E-state index in [1.165, 1.54) is 43.4 Å². The standard InChI is InChI=1S/C26H30FNO3/c1-2-3-4-15-30-18-19-5-7-20(8-6-19)21-9-11-22(12-10-21)26(29)31-24-14-13-23(17-28)25(27)16-24/h9-14,16,19-20H,2-8,15,18H2,1H3. The molecular weight excluding hydrogens is 393 g/mol. The summed E-state index contributed by atoms with van der Waals surface area (Å²) in [7, 11) is 0. The van der Waals surface area contributed by atoms with E-state index in [-0.39, 0.29) is 11.3 Å². The van der Waals surface area contributed by atoms with Crippen LogP contribution >= 0.6 is 0 Å². The molecule has 0 saturated heterocycles. The number of hydrogen-bond acceptors (Lipinski definition) is 4. The zero-order chi connectivity index (χ0) is 22.1. The second-order valence-electron chi connectivity index (χ2n) is 8.26. The van der Waals surface area contributed by atoms with E-state index >= 15 is 0 Å². The SMILES string of the molecule is CCCCCOCC1CCC(c2ccc(C(=O)Oc3ccc(C#N)c(F)c3)cc2)CC1. The van der Waals surface area contributed by atoms with Crippen molar-refractivity contribution >= 4 is 5.97 Å². The fourth-order valence-electron chi connectivity index (χ4n) is 4.07. The molecule has 0 aromatic heterocycles.